The zero-order valence-electron chi connectivity index (χ0n) is 11.6. The van der Waals surface area contributed by atoms with Crippen LogP contribution in [0.15, 0.2) is 42.5 Å². The number of benzene rings is 2. The first kappa shape index (κ1) is 14.7. The Morgan fingerprint density at radius 2 is 1.75 bits per heavy atom. The quantitative estimate of drug-likeness (QED) is 0.911. The van der Waals surface area contributed by atoms with E-state index in [1.54, 1.807) is 13.2 Å². The topological polar surface area (TPSA) is 44.5 Å². The van der Waals surface area contributed by atoms with Crippen molar-refractivity contribution < 1.29 is 9.47 Å². The van der Waals surface area contributed by atoms with Gasteiger partial charge >= 0.3 is 0 Å². The highest BCUT2D eigenvalue weighted by Crippen LogP contribution is 2.30. The van der Waals surface area contributed by atoms with Crippen LogP contribution in [-0.2, 0) is 0 Å². The van der Waals surface area contributed by atoms with Crippen LogP contribution in [0, 0.1) is 0 Å². The summed E-state index contributed by atoms with van der Waals surface area (Å²) in [5.74, 6) is 1.56. The molecule has 0 saturated carbocycles. The smallest absolute Gasteiger partial charge is 0.120 e. The first-order valence-corrected chi connectivity index (χ1v) is 6.85. The summed E-state index contributed by atoms with van der Waals surface area (Å²) in [6.07, 6.45) is 0. The number of methoxy groups -OCH3 is 1. The molecule has 2 N–H and O–H groups in total. The normalized spacial score (nSPS) is 12.0. The van der Waals surface area contributed by atoms with Gasteiger partial charge in [0, 0.05) is 5.02 Å². The second kappa shape index (κ2) is 6.64. The predicted molar refractivity (Wildman–Crippen MR) is 81.6 cm³/mol. The van der Waals surface area contributed by atoms with Crippen molar-refractivity contribution in [1.29, 1.82) is 0 Å². The second-order valence-electron chi connectivity index (χ2n) is 4.37. The van der Waals surface area contributed by atoms with E-state index in [1.807, 2.05) is 43.3 Å². The summed E-state index contributed by atoms with van der Waals surface area (Å²) < 4.78 is 10.6. The molecule has 0 heterocycles. The minimum absolute atomic E-state index is 0.274. The number of halogens is 1. The maximum atomic E-state index is 6.27. The molecule has 1 unspecified atom stereocenters. The Kier molecular flexibility index (Phi) is 4.88. The average molecular weight is 292 g/mol. The number of hydrogen-bond acceptors (Lipinski definition) is 3. The lowest BCUT2D eigenvalue weighted by atomic mass is 9.99. The molecule has 0 saturated heterocycles. The summed E-state index contributed by atoms with van der Waals surface area (Å²) in [4.78, 5) is 0. The first-order chi connectivity index (χ1) is 9.65. The van der Waals surface area contributed by atoms with Crippen LogP contribution in [0.1, 0.15) is 24.1 Å². The summed E-state index contributed by atoms with van der Waals surface area (Å²) in [5.41, 5.74) is 8.13. The van der Waals surface area contributed by atoms with Gasteiger partial charge < -0.3 is 15.2 Å². The van der Waals surface area contributed by atoms with Gasteiger partial charge in [-0.1, -0.05) is 29.8 Å². The van der Waals surface area contributed by atoms with Crippen LogP contribution in [0.2, 0.25) is 5.02 Å². The summed E-state index contributed by atoms with van der Waals surface area (Å²) in [5, 5.41) is 0.603. The minimum atomic E-state index is -0.274. The van der Waals surface area contributed by atoms with Crippen molar-refractivity contribution in [3.8, 4) is 11.5 Å². The van der Waals surface area contributed by atoms with E-state index in [0.29, 0.717) is 11.6 Å². The lowest BCUT2D eigenvalue weighted by Gasteiger charge is -2.15. The lowest BCUT2D eigenvalue weighted by Crippen LogP contribution is -2.12. The van der Waals surface area contributed by atoms with E-state index in [0.717, 1.165) is 22.6 Å². The van der Waals surface area contributed by atoms with Crippen molar-refractivity contribution in [2.24, 2.45) is 5.73 Å². The van der Waals surface area contributed by atoms with Crippen molar-refractivity contribution in [2.75, 3.05) is 13.7 Å². The van der Waals surface area contributed by atoms with Crippen LogP contribution in [-0.4, -0.2) is 13.7 Å². The summed E-state index contributed by atoms with van der Waals surface area (Å²) in [7, 11) is 1.61. The zero-order chi connectivity index (χ0) is 14.5. The van der Waals surface area contributed by atoms with Crippen LogP contribution in [0.5, 0.6) is 11.5 Å². The molecule has 0 aliphatic heterocycles. The van der Waals surface area contributed by atoms with Crippen molar-refractivity contribution in [2.45, 2.75) is 13.0 Å². The third-order valence-corrected chi connectivity index (χ3v) is 3.42. The van der Waals surface area contributed by atoms with Gasteiger partial charge in [0.25, 0.3) is 0 Å². The molecule has 0 spiro atoms. The van der Waals surface area contributed by atoms with Gasteiger partial charge in [0.2, 0.25) is 0 Å². The number of rotatable bonds is 5. The maximum absolute atomic E-state index is 6.27. The molecule has 2 aromatic rings. The molecule has 0 radical (unpaired) electrons. The van der Waals surface area contributed by atoms with Gasteiger partial charge in [0.15, 0.2) is 0 Å². The van der Waals surface area contributed by atoms with Crippen molar-refractivity contribution >= 4 is 11.6 Å². The molecule has 0 fully saturated rings. The van der Waals surface area contributed by atoms with Gasteiger partial charge in [-0.15, -0.1) is 0 Å². The van der Waals surface area contributed by atoms with Gasteiger partial charge in [-0.3, -0.25) is 0 Å². The molecule has 3 nitrogen and oxygen atoms in total. The van der Waals surface area contributed by atoms with E-state index < -0.39 is 0 Å². The van der Waals surface area contributed by atoms with Crippen molar-refractivity contribution in [3.63, 3.8) is 0 Å². The lowest BCUT2D eigenvalue weighted by molar-refractivity contribution is 0.340. The van der Waals surface area contributed by atoms with Crippen molar-refractivity contribution in [3.05, 3.63) is 58.6 Å². The van der Waals surface area contributed by atoms with Gasteiger partial charge in [0.1, 0.15) is 11.5 Å². The molecular formula is C16H18ClNO2. The molecule has 0 aromatic heterocycles. The highest BCUT2D eigenvalue weighted by molar-refractivity contribution is 6.31. The van der Waals surface area contributed by atoms with Gasteiger partial charge in [-0.05, 0) is 42.3 Å². The highest BCUT2D eigenvalue weighted by Gasteiger charge is 2.13. The van der Waals surface area contributed by atoms with Gasteiger partial charge in [-0.2, -0.15) is 0 Å². The number of ether oxygens (including phenoxy) is 2. The number of nitrogens with two attached hydrogens (primary N) is 1. The molecule has 106 valence electrons. The van der Waals surface area contributed by atoms with E-state index >= 15 is 0 Å². The van der Waals surface area contributed by atoms with E-state index in [4.69, 9.17) is 26.8 Å². The van der Waals surface area contributed by atoms with Crippen LogP contribution < -0.4 is 15.2 Å². The van der Waals surface area contributed by atoms with Crippen molar-refractivity contribution in [1.82, 2.24) is 0 Å². The minimum Gasteiger partial charge on any atom is -0.497 e. The molecule has 2 aromatic carbocycles. The first-order valence-electron chi connectivity index (χ1n) is 6.47. The summed E-state index contributed by atoms with van der Waals surface area (Å²) in [6, 6.07) is 13.0. The number of hydrogen-bond donors (Lipinski definition) is 1. The average Bonchev–Trinajstić information content (AvgIpc) is 2.47. The third kappa shape index (κ3) is 3.24. The highest BCUT2D eigenvalue weighted by atomic mass is 35.5. The Morgan fingerprint density at radius 1 is 1.10 bits per heavy atom. The molecule has 0 aliphatic rings. The zero-order valence-corrected chi connectivity index (χ0v) is 12.4. The third-order valence-electron chi connectivity index (χ3n) is 3.09. The van der Waals surface area contributed by atoms with Gasteiger partial charge in [0.05, 0.1) is 19.8 Å². The van der Waals surface area contributed by atoms with Crippen LogP contribution in [0.3, 0.4) is 0 Å². The van der Waals surface area contributed by atoms with Crippen LogP contribution in [0.25, 0.3) is 0 Å². The molecule has 20 heavy (non-hydrogen) atoms. The molecule has 4 heteroatoms. The Bertz CT molecular complexity index is 569. The van der Waals surface area contributed by atoms with E-state index in [9.17, 15) is 0 Å². The molecule has 1 atom stereocenters. The van der Waals surface area contributed by atoms with E-state index in [-0.39, 0.29) is 6.04 Å². The second-order valence-corrected chi connectivity index (χ2v) is 4.77. The standard InChI is InChI=1S/C16H18ClNO2/c1-3-20-12-6-4-11(5-7-12)16(18)14-9-8-13(19-2)10-15(14)17/h4-10,16H,3,18H2,1-2H3. The van der Waals surface area contributed by atoms with Crippen LogP contribution in [0.4, 0.5) is 0 Å². The molecule has 0 amide bonds. The molecule has 2 rings (SSSR count). The Balaban J connectivity index is 2.24. The van der Waals surface area contributed by atoms with Gasteiger partial charge in [-0.25, -0.2) is 0 Å². The summed E-state index contributed by atoms with van der Waals surface area (Å²) in [6.45, 7) is 2.60. The van der Waals surface area contributed by atoms with E-state index in [1.165, 1.54) is 0 Å². The van der Waals surface area contributed by atoms with E-state index in [2.05, 4.69) is 0 Å². The fourth-order valence-corrected chi connectivity index (χ4v) is 2.29. The Labute approximate surface area is 124 Å². The Hall–Kier alpha value is -1.71. The fraction of sp³-hybridized carbons (Fsp3) is 0.250. The fourth-order valence-electron chi connectivity index (χ4n) is 2.00. The molecular weight excluding hydrogens is 274 g/mol. The Morgan fingerprint density at radius 3 is 2.30 bits per heavy atom. The predicted octanol–water partition coefficient (Wildman–Crippen LogP) is 3.80. The maximum Gasteiger partial charge on any atom is 0.120 e. The largest absolute Gasteiger partial charge is 0.497 e. The molecule has 0 aliphatic carbocycles. The monoisotopic (exact) mass is 291 g/mol. The molecule has 0 bridgehead atoms. The summed E-state index contributed by atoms with van der Waals surface area (Å²) >= 11 is 6.25. The SMILES string of the molecule is CCOc1ccc(C(N)c2ccc(OC)cc2Cl)cc1. The van der Waals surface area contributed by atoms with Crippen LogP contribution >= 0.6 is 11.6 Å².